The van der Waals surface area contributed by atoms with Crippen molar-refractivity contribution in [3.8, 4) is 11.5 Å². The number of rotatable bonds is 4. The van der Waals surface area contributed by atoms with Crippen LogP contribution in [0.2, 0.25) is 0 Å². The molecule has 1 heterocycles. The zero-order valence-electron chi connectivity index (χ0n) is 12.2. The highest BCUT2D eigenvalue weighted by atomic mass is 16.6. The van der Waals surface area contributed by atoms with E-state index in [4.69, 9.17) is 14.6 Å². The van der Waals surface area contributed by atoms with E-state index in [0.29, 0.717) is 30.3 Å². The molecule has 1 N–H and O–H groups in total. The van der Waals surface area contributed by atoms with Crippen LogP contribution in [0.5, 0.6) is 11.5 Å². The van der Waals surface area contributed by atoms with Crippen molar-refractivity contribution < 1.29 is 24.2 Å². The minimum absolute atomic E-state index is 0.163. The molecule has 0 radical (unpaired) electrons. The maximum atomic E-state index is 12.2. The van der Waals surface area contributed by atoms with Crippen LogP contribution in [0.4, 0.5) is 0 Å². The van der Waals surface area contributed by atoms with E-state index < -0.39 is 5.97 Å². The lowest BCUT2D eigenvalue weighted by Gasteiger charge is -2.18. The topological polar surface area (TPSA) is 72.8 Å². The molecular weight excluding hydrogens is 296 g/mol. The van der Waals surface area contributed by atoms with Crippen LogP contribution in [0.3, 0.4) is 0 Å². The smallest absolute Gasteiger partial charge is 0.335 e. The summed E-state index contributed by atoms with van der Waals surface area (Å²) in [7, 11) is 0. The van der Waals surface area contributed by atoms with Crippen molar-refractivity contribution in [1.82, 2.24) is 0 Å². The fourth-order valence-electron chi connectivity index (χ4n) is 2.20. The molecular formula is C18H14O5. The Morgan fingerprint density at radius 3 is 2.26 bits per heavy atom. The van der Waals surface area contributed by atoms with Crippen molar-refractivity contribution in [2.24, 2.45) is 0 Å². The summed E-state index contributed by atoms with van der Waals surface area (Å²) in [5.41, 5.74) is 1.47. The summed E-state index contributed by atoms with van der Waals surface area (Å²) in [6.45, 7) is 0.975. The van der Waals surface area contributed by atoms with E-state index >= 15 is 0 Å². The number of benzene rings is 2. The summed E-state index contributed by atoms with van der Waals surface area (Å²) in [5.74, 6) is 0.0690. The van der Waals surface area contributed by atoms with E-state index in [9.17, 15) is 9.59 Å². The number of aromatic carboxylic acids is 1. The van der Waals surface area contributed by atoms with Crippen molar-refractivity contribution in [2.45, 2.75) is 0 Å². The van der Waals surface area contributed by atoms with Gasteiger partial charge in [-0.05, 0) is 42.0 Å². The zero-order valence-corrected chi connectivity index (χ0v) is 12.2. The second kappa shape index (κ2) is 6.36. The number of carboxylic acids is 1. The minimum Gasteiger partial charge on any atom is -0.486 e. The molecule has 0 saturated carbocycles. The first-order valence-corrected chi connectivity index (χ1v) is 7.09. The largest absolute Gasteiger partial charge is 0.486 e. The summed E-state index contributed by atoms with van der Waals surface area (Å²) in [6, 6.07) is 11.4. The lowest BCUT2D eigenvalue weighted by atomic mass is 10.1. The number of carbonyl (C=O) groups is 2. The van der Waals surface area contributed by atoms with Crippen molar-refractivity contribution in [3.05, 3.63) is 65.2 Å². The standard InChI is InChI=1S/C18H14O5/c19-15(7-3-12-1-4-13(5-2-12)18(20)21)14-6-8-16-17(11-14)23-10-9-22-16/h1-8,11H,9-10H2,(H,20,21)/b7-3+. The molecule has 0 amide bonds. The fraction of sp³-hybridized carbons (Fsp3) is 0.111. The van der Waals surface area contributed by atoms with E-state index in [1.807, 2.05) is 0 Å². The van der Waals surface area contributed by atoms with Crippen molar-refractivity contribution in [3.63, 3.8) is 0 Å². The molecule has 116 valence electrons. The number of ketones is 1. The van der Waals surface area contributed by atoms with Crippen LogP contribution < -0.4 is 9.47 Å². The van der Waals surface area contributed by atoms with Crippen molar-refractivity contribution in [2.75, 3.05) is 13.2 Å². The maximum absolute atomic E-state index is 12.2. The molecule has 0 unspecified atom stereocenters. The molecule has 5 heteroatoms. The molecule has 0 aromatic heterocycles. The average Bonchev–Trinajstić information content (AvgIpc) is 2.59. The molecule has 2 aromatic carbocycles. The molecule has 1 aliphatic rings. The Morgan fingerprint density at radius 1 is 0.913 bits per heavy atom. The molecule has 0 atom stereocenters. The first kappa shape index (κ1) is 14.8. The number of hydrogen-bond donors (Lipinski definition) is 1. The Bertz CT molecular complexity index is 774. The van der Waals surface area contributed by atoms with Crippen molar-refractivity contribution in [1.29, 1.82) is 0 Å². The Morgan fingerprint density at radius 2 is 1.57 bits per heavy atom. The second-order valence-corrected chi connectivity index (χ2v) is 4.98. The first-order chi connectivity index (χ1) is 11.1. The highest BCUT2D eigenvalue weighted by molar-refractivity contribution is 6.07. The van der Waals surface area contributed by atoms with E-state index in [1.165, 1.54) is 18.2 Å². The van der Waals surface area contributed by atoms with E-state index in [2.05, 4.69) is 0 Å². The predicted octanol–water partition coefficient (Wildman–Crippen LogP) is 3.05. The van der Waals surface area contributed by atoms with Crippen LogP contribution in [-0.4, -0.2) is 30.1 Å². The van der Waals surface area contributed by atoms with Gasteiger partial charge in [0.25, 0.3) is 0 Å². The molecule has 23 heavy (non-hydrogen) atoms. The van der Waals surface area contributed by atoms with Crippen LogP contribution in [0.15, 0.2) is 48.5 Å². The third-order valence-corrected chi connectivity index (χ3v) is 3.41. The van der Waals surface area contributed by atoms with Crippen LogP contribution in [0.1, 0.15) is 26.3 Å². The summed E-state index contributed by atoms with van der Waals surface area (Å²) < 4.78 is 10.9. The zero-order chi connectivity index (χ0) is 16.2. The van der Waals surface area contributed by atoms with Crippen LogP contribution in [0.25, 0.3) is 6.08 Å². The van der Waals surface area contributed by atoms with Gasteiger partial charge in [0.2, 0.25) is 0 Å². The Balaban J connectivity index is 1.74. The van der Waals surface area contributed by atoms with Crippen LogP contribution >= 0.6 is 0 Å². The van der Waals surface area contributed by atoms with Gasteiger partial charge in [0.1, 0.15) is 13.2 Å². The van der Waals surface area contributed by atoms with Gasteiger partial charge in [0, 0.05) is 5.56 Å². The maximum Gasteiger partial charge on any atom is 0.335 e. The van der Waals surface area contributed by atoms with Gasteiger partial charge in [0.05, 0.1) is 5.56 Å². The molecule has 2 aromatic rings. The third kappa shape index (κ3) is 3.40. The summed E-state index contributed by atoms with van der Waals surface area (Å²) in [4.78, 5) is 23.0. The quantitative estimate of drug-likeness (QED) is 0.694. The number of fused-ring (bicyclic) bond motifs is 1. The molecule has 0 bridgehead atoms. The van der Waals surface area contributed by atoms with Gasteiger partial charge >= 0.3 is 5.97 Å². The number of hydrogen-bond acceptors (Lipinski definition) is 4. The number of ether oxygens (including phenoxy) is 2. The van der Waals surface area contributed by atoms with Crippen LogP contribution in [0, 0.1) is 0 Å². The number of allylic oxidation sites excluding steroid dienone is 1. The summed E-state index contributed by atoms with van der Waals surface area (Å²) in [5, 5.41) is 8.85. The lowest BCUT2D eigenvalue weighted by Crippen LogP contribution is -2.15. The monoisotopic (exact) mass is 310 g/mol. The molecule has 3 rings (SSSR count). The van der Waals surface area contributed by atoms with E-state index in [0.717, 1.165) is 5.56 Å². The second-order valence-electron chi connectivity index (χ2n) is 4.98. The van der Waals surface area contributed by atoms with Gasteiger partial charge in [0.15, 0.2) is 17.3 Å². The van der Waals surface area contributed by atoms with Gasteiger partial charge in [-0.1, -0.05) is 18.2 Å². The predicted molar refractivity (Wildman–Crippen MR) is 84.2 cm³/mol. The van der Waals surface area contributed by atoms with E-state index in [-0.39, 0.29) is 11.3 Å². The van der Waals surface area contributed by atoms with Gasteiger partial charge in [-0.2, -0.15) is 0 Å². The Labute approximate surface area is 132 Å². The van der Waals surface area contributed by atoms with Gasteiger partial charge in [-0.25, -0.2) is 4.79 Å². The highest BCUT2D eigenvalue weighted by Gasteiger charge is 2.13. The molecule has 5 nitrogen and oxygen atoms in total. The van der Waals surface area contributed by atoms with E-state index in [1.54, 1.807) is 36.4 Å². The first-order valence-electron chi connectivity index (χ1n) is 7.09. The van der Waals surface area contributed by atoms with Crippen LogP contribution in [-0.2, 0) is 0 Å². The Hall–Kier alpha value is -3.08. The molecule has 1 aliphatic heterocycles. The average molecular weight is 310 g/mol. The normalized spacial score (nSPS) is 13.0. The molecule has 0 saturated heterocycles. The van der Waals surface area contributed by atoms with Gasteiger partial charge in [-0.3, -0.25) is 4.79 Å². The minimum atomic E-state index is -0.979. The lowest BCUT2D eigenvalue weighted by molar-refractivity contribution is 0.0696. The molecule has 0 fully saturated rings. The number of carboxylic acid groups (broad SMARTS) is 1. The summed E-state index contributed by atoms with van der Waals surface area (Å²) in [6.07, 6.45) is 3.09. The number of carbonyl (C=O) groups excluding carboxylic acids is 1. The SMILES string of the molecule is O=C(O)c1ccc(/C=C/C(=O)c2ccc3c(c2)OCCO3)cc1. The molecule has 0 spiro atoms. The third-order valence-electron chi connectivity index (χ3n) is 3.41. The highest BCUT2D eigenvalue weighted by Crippen LogP contribution is 2.30. The Kier molecular flexibility index (Phi) is 4.10. The van der Waals surface area contributed by atoms with Crippen molar-refractivity contribution >= 4 is 17.8 Å². The van der Waals surface area contributed by atoms with Gasteiger partial charge < -0.3 is 14.6 Å². The van der Waals surface area contributed by atoms with Gasteiger partial charge in [-0.15, -0.1) is 0 Å². The molecule has 0 aliphatic carbocycles. The fourth-order valence-corrected chi connectivity index (χ4v) is 2.20. The summed E-state index contributed by atoms with van der Waals surface area (Å²) >= 11 is 0.